The molecule has 0 unspecified atom stereocenters. The maximum atomic E-state index is 12.7. The van der Waals surface area contributed by atoms with E-state index < -0.39 is 6.36 Å². The smallest absolute Gasteiger partial charge is 0.466 e. The fourth-order valence-electron chi connectivity index (χ4n) is 4.58. The van der Waals surface area contributed by atoms with Crippen molar-refractivity contribution in [2.75, 3.05) is 6.61 Å². The molecule has 4 aromatic carbocycles. The Labute approximate surface area is 239 Å². The minimum absolute atomic E-state index is 0.239. The number of alkyl halides is 3. The van der Waals surface area contributed by atoms with E-state index in [1.807, 2.05) is 60.7 Å². The normalized spacial score (nSPS) is 11.5. The van der Waals surface area contributed by atoms with Gasteiger partial charge in [0.25, 0.3) is 0 Å². The molecule has 210 valence electrons. The fourth-order valence-corrected chi connectivity index (χ4v) is 5.57. The quantitative estimate of drug-likeness (QED) is 0.124. The van der Waals surface area contributed by atoms with Crippen LogP contribution in [0.15, 0.2) is 102 Å². The first-order valence-corrected chi connectivity index (χ1v) is 14.0. The van der Waals surface area contributed by atoms with Crippen LogP contribution in [-0.2, 0) is 28.2 Å². The molecule has 0 fully saturated rings. The maximum absolute atomic E-state index is 12.7. The molecular formula is C32H27F3N2O3S. The van der Waals surface area contributed by atoms with E-state index in [0.29, 0.717) is 30.3 Å². The highest BCUT2D eigenvalue weighted by molar-refractivity contribution is 7.98. The Morgan fingerprint density at radius 2 is 1.63 bits per heavy atom. The van der Waals surface area contributed by atoms with Crippen LogP contribution in [0.2, 0.25) is 0 Å². The summed E-state index contributed by atoms with van der Waals surface area (Å²) in [6.45, 7) is 2.67. The van der Waals surface area contributed by atoms with Crippen molar-refractivity contribution < 1.29 is 27.4 Å². The van der Waals surface area contributed by atoms with Gasteiger partial charge >= 0.3 is 12.3 Å². The van der Waals surface area contributed by atoms with Gasteiger partial charge in [0.05, 0.1) is 30.6 Å². The molecule has 0 radical (unpaired) electrons. The molecule has 0 aliphatic rings. The van der Waals surface area contributed by atoms with Gasteiger partial charge in [-0.05, 0) is 66.1 Å². The number of imidazole rings is 1. The van der Waals surface area contributed by atoms with E-state index in [9.17, 15) is 18.0 Å². The van der Waals surface area contributed by atoms with Crippen LogP contribution in [0.4, 0.5) is 13.2 Å². The van der Waals surface area contributed by atoms with Crippen molar-refractivity contribution in [1.82, 2.24) is 9.55 Å². The Bertz CT molecular complexity index is 1650. The lowest BCUT2D eigenvalue weighted by atomic mass is 10.1. The summed E-state index contributed by atoms with van der Waals surface area (Å²) >= 11 is 1.70. The summed E-state index contributed by atoms with van der Waals surface area (Å²) in [6, 6.07) is 29.6. The third kappa shape index (κ3) is 7.29. The molecule has 5 aromatic rings. The third-order valence-corrected chi connectivity index (χ3v) is 7.53. The van der Waals surface area contributed by atoms with E-state index in [4.69, 9.17) is 9.72 Å². The van der Waals surface area contributed by atoms with Crippen LogP contribution >= 0.6 is 11.8 Å². The van der Waals surface area contributed by atoms with Crippen LogP contribution in [0, 0.1) is 0 Å². The number of benzene rings is 4. The molecule has 9 heteroatoms. The number of rotatable bonds is 10. The molecule has 0 atom stereocenters. The number of ether oxygens (including phenoxy) is 2. The first-order valence-electron chi connectivity index (χ1n) is 13.0. The van der Waals surface area contributed by atoms with Gasteiger partial charge in [0.2, 0.25) is 0 Å². The largest absolute Gasteiger partial charge is 0.573 e. The molecule has 0 spiro atoms. The summed E-state index contributed by atoms with van der Waals surface area (Å²) in [7, 11) is 0. The van der Waals surface area contributed by atoms with Crippen molar-refractivity contribution in [2.24, 2.45) is 0 Å². The Morgan fingerprint density at radius 3 is 2.41 bits per heavy atom. The van der Waals surface area contributed by atoms with Crippen LogP contribution in [0.3, 0.4) is 0 Å². The van der Waals surface area contributed by atoms with Crippen molar-refractivity contribution in [3.63, 3.8) is 0 Å². The van der Waals surface area contributed by atoms with Crippen molar-refractivity contribution in [1.29, 1.82) is 0 Å². The number of hydrogen-bond acceptors (Lipinski definition) is 5. The summed E-state index contributed by atoms with van der Waals surface area (Å²) in [5.74, 6) is 0.841. The van der Waals surface area contributed by atoms with Crippen LogP contribution in [-0.4, -0.2) is 28.5 Å². The highest BCUT2D eigenvalue weighted by Crippen LogP contribution is 2.32. The number of hydrogen-bond donors (Lipinski definition) is 0. The van der Waals surface area contributed by atoms with E-state index in [1.165, 1.54) is 12.1 Å². The zero-order valence-corrected chi connectivity index (χ0v) is 23.0. The lowest BCUT2D eigenvalue weighted by Crippen LogP contribution is -2.17. The molecule has 5 rings (SSSR count). The summed E-state index contributed by atoms with van der Waals surface area (Å²) in [6.07, 6.45) is -4.51. The van der Waals surface area contributed by atoms with Gasteiger partial charge in [-0.3, -0.25) is 4.79 Å². The topological polar surface area (TPSA) is 53.4 Å². The Balaban J connectivity index is 1.40. The SMILES string of the molecule is CCOC(=O)Cc1cccc(CSc2ccccc2Cn2c(-c3ccc(OC(F)(F)F)cc3)nc3ccccc32)c1. The molecule has 0 aliphatic heterocycles. The first-order chi connectivity index (χ1) is 19.8. The molecule has 0 aliphatic carbocycles. The van der Waals surface area contributed by atoms with Gasteiger partial charge in [0.15, 0.2) is 0 Å². The first kappa shape index (κ1) is 28.3. The number of carbonyl (C=O) groups excluding carboxylic acids is 1. The van der Waals surface area contributed by atoms with E-state index in [1.54, 1.807) is 30.8 Å². The van der Waals surface area contributed by atoms with Crippen molar-refractivity contribution in [2.45, 2.75) is 36.9 Å². The highest BCUT2D eigenvalue weighted by Gasteiger charge is 2.31. The Morgan fingerprint density at radius 1 is 0.902 bits per heavy atom. The molecule has 0 N–H and O–H groups in total. The number of para-hydroxylation sites is 2. The summed E-state index contributed by atoms with van der Waals surface area (Å²) in [5, 5.41) is 0. The van der Waals surface area contributed by atoms with Gasteiger partial charge in [0, 0.05) is 16.2 Å². The molecule has 5 nitrogen and oxygen atoms in total. The number of fused-ring (bicyclic) bond motifs is 1. The lowest BCUT2D eigenvalue weighted by Gasteiger charge is -2.14. The summed E-state index contributed by atoms with van der Waals surface area (Å²) < 4.78 is 49.2. The minimum atomic E-state index is -4.75. The van der Waals surface area contributed by atoms with E-state index in [-0.39, 0.29) is 18.1 Å². The van der Waals surface area contributed by atoms with Gasteiger partial charge in [-0.25, -0.2) is 4.98 Å². The van der Waals surface area contributed by atoms with Gasteiger partial charge in [0.1, 0.15) is 11.6 Å². The molecule has 0 amide bonds. The predicted molar refractivity (Wildman–Crippen MR) is 154 cm³/mol. The molecule has 0 saturated heterocycles. The monoisotopic (exact) mass is 576 g/mol. The zero-order valence-electron chi connectivity index (χ0n) is 22.2. The van der Waals surface area contributed by atoms with Crippen LogP contribution in [0.5, 0.6) is 5.75 Å². The Kier molecular flexibility index (Phi) is 8.64. The average molecular weight is 577 g/mol. The van der Waals surface area contributed by atoms with Crippen molar-refractivity contribution >= 4 is 28.8 Å². The second-order valence-electron chi connectivity index (χ2n) is 9.28. The number of nitrogens with zero attached hydrogens (tertiary/aromatic N) is 2. The van der Waals surface area contributed by atoms with Gasteiger partial charge < -0.3 is 14.0 Å². The van der Waals surface area contributed by atoms with Gasteiger partial charge in [-0.2, -0.15) is 0 Å². The fraction of sp³-hybridized carbons (Fsp3) is 0.188. The van der Waals surface area contributed by atoms with Crippen molar-refractivity contribution in [3.8, 4) is 17.1 Å². The minimum Gasteiger partial charge on any atom is -0.466 e. The Hall–Kier alpha value is -4.24. The van der Waals surface area contributed by atoms with Crippen LogP contribution in [0.1, 0.15) is 23.6 Å². The number of thioether (sulfide) groups is 1. The van der Waals surface area contributed by atoms with E-state index >= 15 is 0 Å². The van der Waals surface area contributed by atoms with Gasteiger partial charge in [-0.15, -0.1) is 24.9 Å². The van der Waals surface area contributed by atoms with Crippen LogP contribution < -0.4 is 4.74 Å². The molecular weight excluding hydrogens is 549 g/mol. The molecule has 1 aromatic heterocycles. The predicted octanol–water partition coefficient (Wildman–Crippen LogP) is 8.05. The molecule has 0 saturated carbocycles. The summed E-state index contributed by atoms with van der Waals surface area (Å²) in [5.41, 5.74) is 5.49. The number of esters is 1. The molecule has 0 bridgehead atoms. The van der Waals surface area contributed by atoms with E-state index in [2.05, 4.69) is 21.4 Å². The number of aromatic nitrogens is 2. The number of carbonyl (C=O) groups is 1. The lowest BCUT2D eigenvalue weighted by molar-refractivity contribution is -0.274. The van der Waals surface area contributed by atoms with Crippen LogP contribution in [0.25, 0.3) is 22.4 Å². The summed E-state index contributed by atoms with van der Waals surface area (Å²) in [4.78, 5) is 17.8. The standard InChI is InChI=1S/C32H27F3N2O3S/c1-2-39-30(38)19-22-8-7-9-23(18-22)21-41-29-13-6-3-10-25(29)20-37-28-12-5-4-11-27(28)36-31(37)24-14-16-26(17-15-24)40-32(33,34)35/h3-18H,2,19-21H2,1H3. The maximum Gasteiger partial charge on any atom is 0.573 e. The second kappa shape index (κ2) is 12.5. The van der Waals surface area contributed by atoms with Crippen molar-refractivity contribution in [3.05, 3.63) is 114 Å². The number of halogens is 3. The van der Waals surface area contributed by atoms with Gasteiger partial charge in [-0.1, -0.05) is 54.6 Å². The van der Waals surface area contributed by atoms with E-state index in [0.717, 1.165) is 32.6 Å². The second-order valence-corrected chi connectivity index (χ2v) is 10.3. The molecule has 41 heavy (non-hydrogen) atoms. The average Bonchev–Trinajstić information content (AvgIpc) is 3.31. The molecule has 1 heterocycles. The zero-order chi connectivity index (χ0) is 28.8. The third-order valence-electron chi connectivity index (χ3n) is 6.34. The highest BCUT2D eigenvalue weighted by atomic mass is 32.2.